The van der Waals surface area contributed by atoms with E-state index in [1.54, 1.807) is 0 Å². The molecule has 0 amide bonds. The van der Waals surface area contributed by atoms with Gasteiger partial charge in [-0.25, -0.2) is 0 Å². The standard InChI is InChI=1S/C13H25NOS/c15-13-7-1-4-11(13)5-2-8-14-12-6-3-9-16-10-12/h11-15H,1-10H2. The minimum atomic E-state index is 0.00485. The Morgan fingerprint density at radius 1 is 1.19 bits per heavy atom. The van der Waals surface area contributed by atoms with Gasteiger partial charge in [0.1, 0.15) is 0 Å². The highest BCUT2D eigenvalue weighted by atomic mass is 32.2. The van der Waals surface area contributed by atoms with Gasteiger partial charge in [-0.1, -0.05) is 6.42 Å². The third-order valence-corrected chi connectivity index (χ3v) is 5.18. The van der Waals surface area contributed by atoms with Crippen molar-refractivity contribution in [3.05, 3.63) is 0 Å². The van der Waals surface area contributed by atoms with Gasteiger partial charge in [0.05, 0.1) is 6.10 Å². The van der Waals surface area contributed by atoms with Crippen molar-refractivity contribution in [3.63, 3.8) is 0 Å². The van der Waals surface area contributed by atoms with Crippen LogP contribution in [-0.4, -0.2) is 35.3 Å². The second kappa shape index (κ2) is 6.87. The maximum atomic E-state index is 9.71. The molecule has 3 unspecified atom stereocenters. The zero-order valence-corrected chi connectivity index (χ0v) is 11.0. The van der Waals surface area contributed by atoms with E-state index in [0.29, 0.717) is 5.92 Å². The lowest BCUT2D eigenvalue weighted by atomic mass is 9.99. The van der Waals surface area contributed by atoms with Crippen LogP contribution in [0.5, 0.6) is 0 Å². The maximum Gasteiger partial charge on any atom is 0.0568 e. The monoisotopic (exact) mass is 243 g/mol. The molecule has 0 radical (unpaired) electrons. The van der Waals surface area contributed by atoms with E-state index in [2.05, 4.69) is 17.1 Å². The number of rotatable bonds is 5. The zero-order valence-electron chi connectivity index (χ0n) is 10.2. The first-order valence-corrected chi connectivity index (χ1v) is 8.01. The van der Waals surface area contributed by atoms with Crippen LogP contribution in [0.15, 0.2) is 0 Å². The molecule has 94 valence electrons. The minimum Gasteiger partial charge on any atom is -0.393 e. The summed E-state index contributed by atoms with van der Waals surface area (Å²) in [6, 6.07) is 0.757. The lowest BCUT2D eigenvalue weighted by molar-refractivity contribution is 0.126. The first-order chi connectivity index (χ1) is 7.86. The van der Waals surface area contributed by atoms with Gasteiger partial charge in [0.2, 0.25) is 0 Å². The molecule has 2 N–H and O–H groups in total. The highest BCUT2D eigenvalue weighted by Crippen LogP contribution is 2.29. The third kappa shape index (κ3) is 3.94. The van der Waals surface area contributed by atoms with Crippen LogP contribution in [0.2, 0.25) is 0 Å². The Balaban J connectivity index is 1.51. The summed E-state index contributed by atoms with van der Waals surface area (Å²) in [6.45, 7) is 1.15. The van der Waals surface area contributed by atoms with Crippen molar-refractivity contribution in [2.45, 2.75) is 57.1 Å². The Morgan fingerprint density at radius 3 is 2.81 bits per heavy atom. The quantitative estimate of drug-likeness (QED) is 0.727. The molecule has 0 aromatic heterocycles. The molecule has 0 aromatic carbocycles. The summed E-state index contributed by atoms with van der Waals surface area (Å²) in [5, 5.41) is 13.4. The van der Waals surface area contributed by atoms with Crippen molar-refractivity contribution in [1.82, 2.24) is 5.32 Å². The van der Waals surface area contributed by atoms with Crippen molar-refractivity contribution in [3.8, 4) is 0 Å². The summed E-state index contributed by atoms with van der Waals surface area (Å²) >= 11 is 2.08. The van der Waals surface area contributed by atoms with Crippen molar-refractivity contribution in [2.75, 3.05) is 18.1 Å². The molecule has 0 spiro atoms. The Hall–Kier alpha value is 0.270. The van der Waals surface area contributed by atoms with Crippen LogP contribution in [0.3, 0.4) is 0 Å². The van der Waals surface area contributed by atoms with Gasteiger partial charge in [0.25, 0.3) is 0 Å². The fourth-order valence-electron chi connectivity index (χ4n) is 2.93. The van der Waals surface area contributed by atoms with Gasteiger partial charge in [-0.05, 0) is 56.7 Å². The van der Waals surface area contributed by atoms with Crippen LogP contribution >= 0.6 is 11.8 Å². The summed E-state index contributed by atoms with van der Waals surface area (Å²) in [6.07, 6.45) is 8.72. The summed E-state index contributed by atoms with van der Waals surface area (Å²) in [4.78, 5) is 0. The van der Waals surface area contributed by atoms with Gasteiger partial charge in [-0.3, -0.25) is 0 Å². The molecule has 1 saturated carbocycles. The molecule has 1 saturated heterocycles. The van der Waals surface area contributed by atoms with E-state index in [4.69, 9.17) is 0 Å². The Bertz CT molecular complexity index is 194. The normalized spacial score (nSPS) is 35.4. The molecule has 1 aliphatic carbocycles. The molecular formula is C13H25NOS. The fraction of sp³-hybridized carbons (Fsp3) is 1.00. The first-order valence-electron chi connectivity index (χ1n) is 6.85. The summed E-state index contributed by atoms with van der Waals surface area (Å²) in [5.41, 5.74) is 0. The predicted octanol–water partition coefficient (Wildman–Crippen LogP) is 2.41. The van der Waals surface area contributed by atoms with Crippen LogP contribution in [0, 0.1) is 5.92 Å². The van der Waals surface area contributed by atoms with E-state index in [-0.39, 0.29) is 6.10 Å². The van der Waals surface area contributed by atoms with Gasteiger partial charge >= 0.3 is 0 Å². The van der Waals surface area contributed by atoms with Crippen molar-refractivity contribution >= 4 is 11.8 Å². The highest BCUT2D eigenvalue weighted by Gasteiger charge is 2.24. The first kappa shape index (κ1) is 12.7. The van der Waals surface area contributed by atoms with Crippen molar-refractivity contribution < 1.29 is 5.11 Å². The molecular weight excluding hydrogens is 218 g/mol. The number of thioether (sulfide) groups is 1. The van der Waals surface area contributed by atoms with E-state index >= 15 is 0 Å². The lowest BCUT2D eigenvalue weighted by Gasteiger charge is -2.23. The second-order valence-electron chi connectivity index (χ2n) is 5.27. The second-order valence-corrected chi connectivity index (χ2v) is 6.42. The molecule has 2 fully saturated rings. The molecule has 2 rings (SSSR count). The van der Waals surface area contributed by atoms with Gasteiger partial charge in [-0.15, -0.1) is 0 Å². The van der Waals surface area contributed by atoms with Gasteiger partial charge in [0.15, 0.2) is 0 Å². The van der Waals surface area contributed by atoms with Crippen LogP contribution in [0.25, 0.3) is 0 Å². The molecule has 0 bridgehead atoms. The summed E-state index contributed by atoms with van der Waals surface area (Å²) < 4.78 is 0. The summed E-state index contributed by atoms with van der Waals surface area (Å²) in [7, 11) is 0. The van der Waals surface area contributed by atoms with Crippen molar-refractivity contribution in [2.24, 2.45) is 5.92 Å². The third-order valence-electron chi connectivity index (χ3n) is 3.96. The van der Waals surface area contributed by atoms with Gasteiger partial charge in [0, 0.05) is 11.8 Å². The maximum absolute atomic E-state index is 9.71. The smallest absolute Gasteiger partial charge is 0.0568 e. The molecule has 3 atom stereocenters. The van der Waals surface area contributed by atoms with Crippen LogP contribution in [0.1, 0.15) is 44.9 Å². The lowest BCUT2D eigenvalue weighted by Crippen LogP contribution is -2.34. The Kier molecular flexibility index (Phi) is 5.46. The summed E-state index contributed by atoms with van der Waals surface area (Å²) in [5.74, 6) is 3.25. The van der Waals surface area contributed by atoms with E-state index in [9.17, 15) is 5.11 Å². The van der Waals surface area contributed by atoms with E-state index < -0.39 is 0 Å². The molecule has 2 aliphatic rings. The van der Waals surface area contributed by atoms with Crippen molar-refractivity contribution in [1.29, 1.82) is 0 Å². The molecule has 2 nitrogen and oxygen atoms in total. The average molecular weight is 243 g/mol. The predicted molar refractivity (Wildman–Crippen MR) is 70.9 cm³/mol. The van der Waals surface area contributed by atoms with Crippen LogP contribution < -0.4 is 5.32 Å². The molecule has 1 aliphatic heterocycles. The molecule has 16 heavy (non-hydrogen) atoms. The van der Waals surface area contributed by atoms with Gasteiger partial charge < -0.3 is 10.4 Å². The van der Waals surface area contributed by atoms with Crippen LogP contribution in [-0.2, 0) is 0 Å². The van der Waals surface area contributed by atoms with Crippen LogP contribution in [0.4, 0.5) is 0 Å². The van der Waals surface area contributed by atoms with Gasteiger partial charge in [-0.2, -0.15) is 11.8 Å². The Labute approximate surface area is 104 Å². The average Bonchev–Trinajstić information content (AvgIpc) is 2.72. The highest BCUT2D eigenvalue weighted by molar-refractivity contribution is 7.99. The fourth-order valence-corrected chi connectivity index (χ4v) is 4.03. The number of aliphatic hydroxyl groups is 1. The SMILES string of the molecule is OC1CCCC1CCCNC1CCCSC1. The molecule has 1 heterocycles. The number of aliphatic hydroxyl groups excluding tert-OH is 1. The number of hydrogen-bond donors (Lipinski definition) is 2. The van der Waals surface area contributed by atoms with E-state index in [1.807, 2.05) is 0 Å². The minimum absolute atomic E-state index is 0.00485. The molecule has 3 heteroatoms. The number of hydrogen-bond acceptors (Lipinski definition) is 3. The largest absolute Gasteiger partial charge is 0.393 e. The van der Waals surface area contributed by atoms with E-state index in [1.165, 1.54) is 50.0 Å². The zero-order chi connectivity index (χ0) is 11.2. The topological polar surface area (TPSA) is 32.3 Å². The van der Waals surface area contributed by atoms with E-state index in [0.717, 1.165) is 19.0 Å². The number of nitrogens with one attached hydrogen (secondary N) is 1. The molecule has 0 aromatic rings. The Morgan fingerprint density at radius 2 is 2.12 bits per heavy atom.